The average Bonchev–Trinajstić information content (AvgIpc) is 2.77. The van der Waals surface area contributed by atoms with Gasteiger partial charge in [0.15, 0.2) is 11.5 Å². The minimum Gasteiger partial charge on any atom is -0.493 e. The molecule has 0 spiro atoms. The van der Waals surface area contributed by atoms with Crippen LogP contribution >= 0.6 is 0 Å². The van der Waals surface area contributed by atoms with Gasteiger partial charge in [-0.3, -0.25) is 9.69 Å². The fourth-order valence-corrected chi connectivity index (χ4v) is 3.64. The number of piperazine rings is 1. The van der Waals surface area contributed by atoms with Gasteiger partial charge in [-0.25, -0.2) is 0 Å². The topological polar surface area (TPSA) is 54.0 Å². The van der Waals surface area contributed by atoms with Gasteiger partial charge in [-0.15, -0.1) is 0 Å². The SMILES string of the molecule is COc1ccc(CC(=O)NCCCN2CCN(c3ccccc3)CC2)cc1OC. The zero-order valence-corrected chi connectivity index (χ0v) is 17.4. The summed E-state index contributed by atoms with van der Waals surface area (Å²) in [4.78, 5) is 17.1. The molecule has 6 nitrogen and oxygen atoms in total. The Morgan fingerprint density at radius 2 is 1.69 bits per heavy atom. The molecule has 0 bridgehead atoms. The Balaban J connectivity index is 1.33. The number of nitrogens with zero attached hydrogens (tertiary/aromatic N) is 2. The number of amides is 1. The number of nitrogens with one attached hydrogen (secondary N) is 1. The lowest BCUT2D eigenvalue weighted by Crippen LogP contribution is -2.47. The smallest absolute Gasteiger partial charge is 0.224 e. The number of methoxy groups -OCH3 is 2. The van der Waals surface area contributed by atoms with Crippen molar-refractivity contribution in [3.05, 3.63) is 54.1 Å². The highest BCUT2D eigenvalue weighted by Crippen LogP contribution is 2.27. The second-order valence-corrected chi connectivity index (χ2v) is 7.23. The van der Waals surface area contributed by atoms with Crippen LogP contribution in [0.3, 0.4) is 0 Å². The van der Waals surface area contributed by atoms with Gasteiger partial charge in [-0.2, -0.15) is 0 Å². The lowest BCUT2D eigenvalue weighted by molar-refractivity contribution is -0.120. The maximum absolute atomic E-state index is 12.2. The van der Waals surface area contributed by atoms with Crippen molar-refractivity contribution in [1.29, 1.82) is 0 Å². The van der Waals surface area contributed by atoms with E-state index >= 15 is 0 Å². The van der Waals surface area contributed by atoms with E-state index in [0.29, 0.717) is 24.5 Å². The van der Waals surface area contributed by atoms with Crippen LogP contribution in [0.1, 0.15) is 12.0 Å². The van der Waals surface area contributed by atoms with Gasteiger partial charge >= 0.3 is 0 Å². The molecule has 1 saturated heterocycles. The number of benzene rings is 2. The summed E-state index contributed by atoms with van der Waals surface area (Å²) in [6, 6.07) is 16.2. The van der Waals surface area contributed by atoms with E-state index in [2.05, 4.69) is 45.4 Å². The van der Waals surface area contributed by atoms with Gasteiger partial charge in [0.2, 0.25) is 5.91 Å². The monoisotopic (exact) mass is 397 g/mol. The number of carbonyl (C=O) groups excluding carboxylic acids is 1. The van der Waals surface area contributed by atoms with Crippen molar-refractivity contribution >= 4 is 11.6 Å². The zero-order valence-electron chi connectivity index (χ0n) is 17.4. The van der Waals surface area contributed by atoms with Crippen molar-refractivity contribution < 1.29 is 14.3 Å². The molecular formula is C23H31N3O3. The number of carbonyl (C=O) groups is 1. The minimum absolute atomic E-state index is 0.0334. The molecule has 0 aromatic heterocycles. The Hall–Kier alpha value is -2.73. The maximum atomic E-state index is 12.2. The van der Waals surface area contributed by atoms with Crippen LogP contribution in [0.2, 0.25) is 0 Å². The predicted molar refractivity (Wildman–Crippen MR) is 116 cm³/mol. The van der Waals surface area contributed by atoms with E-state index in [1.807, 2.05) is 18.2 Å². The van der Waals surface area contributed by atoms with Gasteiger partial charge in [0.05, 0.1) is 20.6 Å². The molecule has 0 unspecified atom stereocenters. The van der Waals surface area contributed by atoms with Crippen LogP contribution in [0, 0.1) is 0 Å². The van der Waals surface area contributed by atoms with Gasteiger partial charge < -0.3 is 19.7 Å². The van der Waals surface area contributed by atoms with Gasteiger partial charge in [0.1, 0.15) is 0 Å². The number of hydrogen-bond acceptors (Lipinski definition) is 5. The van der Waals surface area contributed by atoms with Crippen molar-refractivity contribution in [2.24, 2.45) is 0 Å². The summed E-state index contributed by atoms with van der Waals surface area (Å²) >= 11 is 0. The second kappa shape index (κ2) is 10.7. The summed E-state index contributed by atoms with van der Waals surface area (Å²) in [5, 5.41) is 3.02. The first kappa shape index (κ1) is 21.0. The Morgan fingerprint density at radius 1 is 0.966 bits per heavy atom. The minimum atomic E-state index is 0.0334. The Labute approximate surface area is 173 Å². The van der Waals surface area contributed by atoms with Crippen LogP contribution in [-0.2, 0) is 11.2 Å². The van der Waals surface area contributed by atoms with Crippen LogP contribution in [0.25, 0.3) is 0 Å². The van der Waals surface area contributed by atoms with E-state index < -0.39 is 0 Å². The Morgan fingerprint density at radius 3 is 2.38 bits per heavy atom. The maximum Gasteiger partial charge on any atom is 0.224 e. The fraction of sp³-hybridized carbons (Fsp3) is 0.435. The van der Waals surface area contributed by atoms with E-state index in [0.717, 1.165) is 44.7 Å². The van der Waals surface area contributed by atoms with E-state index in [1.54, 1.807) is 14.2 Å². The van der Waals surface area contributed by atoms with Crippen molar-refractivity contribution in [3.8, 4) is 11.5 Å². The van der Waals surface area contributed by atoms with E-state index in [1.165, 1.54) is 5.69 Å². The first-order chi connectivity index (χ1) is 14.2. The first-order valence-electron chi connectivity index (χ1n) is 10.2. The molecule has 3 rings (SSSR count). The molecule has 2 aromatic rings. The second-order valence-electron chi connectivity index (χ2n) is 7.23. The quantitative estimate of drug-likeness (QED) is 0.659. The summed E-state index contributed by atoms with van der Waals surface area (Å²) in [5.41, 5.74) is 2.21. The van der Waals surface area contributed by atoms with E-state index in [4.69, 9.17) is 9.47 Å². The lowest BCUT2D eigenvalue weighted by Gasteiger charge is -2.36. The van der Waals surface area contributed by atoms with Crippen molar-refractivity contribution in [2.75, 3.05) is 58.4 Å². The normalized spacial score (nSPS) is 14.5. The summed E-state index contributed by atoms with van der Waals surface area (Å²) < 4.78 is 10.5. The molecular weight excluding hydrogens is 366 g/mol. The standard InChI is InChI=1S/C23H31N3O3/c1-28-21-10-9-19(17-22(21)29-2)18-23(27)24-11-6-12-25-13-15-26(16-14-25)20-7-4-3-5-8-20/h3-5,7-10,17H,6,11-16,18H2,1-2H3,(H,24,27). The number of hydrogen-bond donors (Lipinski definition) is 1. The Kier molecular flexibility index (Phi) is 7.76. The first-order valence-corrected chi connectivity index (χ1v) is 10.2. The number of rotatable bonds is 9. The third kappa shape index (κ3) is 6.12. The molecule has 1 aliphatic rings. The third-order valence-electron chi connectivity index (χ3n) is 5.28. The Bertz CT molecular complexity index is 774. The lowest BCUT2D eigenvalue weighted by atomic mass is 10.1. The number of ether oxygens (including phenoxy) is 2. The van der Waals surface area contributed by atoms with Crippen LogP contribution in [0.4, 0.5) is 5.69 Å². The molecule has 1 N–H and O–H groups in total. The number of anilines is 1. The van der Waals surface area contributed by atoms with Crippen LogP contribution in [0.5, 0.6) is 11.5 Å². The average molecular weight is 398 g/mol. The van der Waals surface area contributed by atoms with Crippen molar-refractivity contribution in [2.45, 2.75) is 12.8 Å². The summed E-state index contributed by atoms with van der Waals surface area (Å²) in [7, 11) is 3.20. The molecule has 2 aromatic carbocycles. The summed E-state index contributed by atoms with van der Waals surface area (Å²) in [6.45, 7) is 5.94. The number of para-hydroxylation sites is 1. The molecule has 0 radical (unpaired) electrons. The van der Waals surface area contributed by atoms with Crippen molar-refractivity contribution in [3.63, 3.8) is 0 Å². The molecule has 1 aliphatic heterocycles. The van der Waals surface area contributed by atoms with E-state index in [-0.39, 0.29) is 5.91 Å². The van der Waals surface area contributed by atoms with Gasteiger partial charge in [0, 0.05) is 38.4 Å². The molecule has 6 heteroatoms. The molecule has 1 heterocycles. The molecule has 1 amide bonds. The molecule has 1 fully saturated rings. The highest BCUT2D eigenvalue weighted by Gasteiger charge is 2.16. The van der Waals surface area contributed by atoms with E-state index in [9.17, 15) is 4.79 Å². The highest BCUT2D eigenvalue weighted by molar-refractivity contribution is 5.78. The predicted octanol–water partition coefficient (Wildman–Crippen LogP) is 2.57. The molecule has 0 atom stereocenters. The molecule has 156 valence electrons. The summed E-state index contributed by atoms with van der Waals surface area (Å²) in [5.74, 6) is 1.35. The van der Waals surface area contributed by atoms with Crippen LogP contribution in [-0.4, -0.2) is 64.3 Å². The molecule has 0 saturated carbocycles. The highest BCUT2D eigenvalue weighted by atomic mass is 16.5. The molecule has 29 heavy (non-hydrogen) atoms. The van der Waals surface area contributed by atoms with Crippen LogP contribution < -0.4 is 19.7 Å². The largest absolute Gasteiger partial charge is 0.493 e. The van der Waals surface area contributed by atoms with Gasteiger partial charge in [0.25, 0.3) is 0 Å². The van der Waals surface area contributed by atoms with Crippen molar-refractivity contribution in [1.82, 2.24) is 10.2 Å². The van der Waals surface area contributed by atoms with Gasteiger partial charge in [-0.05, 0) is 42.8 Å². The zero-order chi connectivity index (χ0) is 20.5. The third-order valence-corrected chi connectivity index (χ3v) is 5.28. The fourth-order valence-electron chi connectivity index (χ4n) is 3.64. The van der Waals surface area contributed by atoms with Crippen LogP contribution in [0.15, 0.2) is 48.5 Å². The summed E-state index contributed by atoms with van der Waals surface area (Å²) in [6.07, 6.45) is 1.30. The molecule has 0 aliphatic carbocycles. The van der Waals surface area contributed by atoms with Gasteiger partial charge in [-0.1, -0.05) is 24.3 Å².